The summed E-state index contributed by atoms with van der Waals surface area (Å²) in [7, 11) is 0. The SMILES string of the molecule is CCc1nc(CC(N)c2ccc(C)cc2)sc1C. The van der Waals surface area contributed by atoms with Crippen molar-refractivity contribution in [2.45, 2.75) is 39.7 Å². The molecule has 1 heterocycles. The summed E-state index contributed by atoms with van der Waals surface area (Å²) in [5.74, 6) is 0. The van der Waals surface area contributed by atoms with Gasteiger partial charge in [-0.2, -0.15) is 0 Å². The molecule has 1 atom stereocenters. The molecule has 0 aliphatic carbocycles. The molecule has 0 fully saturated rings. The van der Waals surface area contributed by atoms with Gasteiger partial charge in [0.1, 0.15) is 0 Å². The van der Waals surface area contributed by atoms with Crippen LogP contribution in [0.2, 0.25) is 0 Å². The van der Waals surface area contributed by atoms with Crippen molar-refractivity contribution in [3.05, 3.63) is 51.0 Å². The zero-order valence-corrected chi connectivity index (χ0v) is 12.1. The van der Waals surface area contributed by atoms with Crippen molar-refractivity contribution in [1.29, 1.82) is 0 Å². The number of benzene rings is 1. The van der Waals surface area contributed by atoms with Crippen molar-refractivity contribution in [2.75, 3.05) is 0 Å². The summed E-state index contributed by atoms with van der Waals surface area (Å²) in [6, 6.07) is 8.49. The second-order valence-corrected chi connectivity index (χ2v) is 5.97. The van der Waals surface area contributed by atoms with E-state index in [1.165, 1.54) is 21.7 Å². The van der Waals surface area contributed by atoms with Gasteiger partial charge in [-0.1, -0.05) is 36.8 Å². The Labute approximate surface area is 113 Å². The van der Waals surface area contributed by atoms with Crippen molar-refractivity contribution in [1.82, 2.24) is 4.98 Å². The third-order valence-corrected chi connectivity index (χ3v) is 4.21. The predicted octanol–water partition coefficient (Wildman–Crippen LogP) is 3.56. The van der Waals surface area contributed by atoms with Crippen LogP contribution in [0.5, 0.6) is 0 Å². The molecule has 3 heteroatoms. The second-order valence-electron chi connectivity index (χ2n) is 4.69. The zero-order chi connectivity index (χ0) is 13.1. The molecular weight excluding hydrogens is 240 g/mol. The van der Waals surface area contributed by atoms with Crippen LogP contribution in [0.25, 0.3) is 0 Å². The van der Waals surface area contributed by atoms with Crippen molar-refractivity contribution >= 4 is 11.3 Å². The lowest BCUT2D eigenvalue weighted by Crippen LogP contribution is -2.13. The Morgan fingerprint density at radius 1 is 1.22 bits per heavy atom. The lowest BCUT2D eigenvalue weighted by atomic mass is 10.0. The molecule has 0 saturated heterocycles. The van der Waals surface area contributed by atoms with Gasteiger partial charge in [-0.25, -0.2) is 4.98 Å². The van der Waals surface area contributed by atoms with Crippen LogP contribution in [0.1, 0.15) is 39.7 Å². The van der Waals surface area contributed by atoms with E-state index in [9.17, 15) is 0 Å². The monoisotopic (exact) mass is 260 g/mol. The Morgan fingerprint density at radius 3 is 2.44 bits per heavy atom. The number of rotatable bonds is 4. The predicted molar refractivity (Wildman–Crippen MR) is 78.0 cm³/mol. The van der Waals surface area contributed by atoms with Crippen molar-refractivity contribution in [3.8, 4) is 0 Å². The fraction of sp³-hybridized carbons (Fsp3) is 0.400. The largest absolute Gasteiger partial charge is 0.324 e. The molecule has 0 aliphatic heterocycles. The van der Waals surface area contributed by atoms with Gasteiger partial charge in [0.2, 0.25) is 0 Å². The molecule has 0 spiro atoms. The Bertz CT molecular complexity index is 514. The highest BCUT2D eigenvalue weighted by atomic mass is 32.1. The molecule has 2 N–H and O–H groups in total. The first-order valence-corrected chi connectivity index (χ1v) is 7.19. The fourth-order valence-corrected chi connectivity index (χ4v) is 3.10. The van der Waals surface area contributed by atoms with E-state index in [1.54, 1.807) is 11.3 Å². The smallest absolute Gasteiger partial charge is 0.0949 e. The first kappa shape index (κ1) is 13.2. The molecule has 1 aromatic heterocycles. The summed E-state index contributed by atoms with van der Waals surface area (Å²) >= 11 is 1.77. The quantitative estimate of drug-likeness (QED) is 0.913. The van der Waals surface area contributed by atoms with Gasteiger partial charge in [0, 0.05) is 17.3 Å². The lowest BCUT2D eigenvalue weighted by Gasteiger charge is -2.10. The molecule has 96 valence electrons. The number of aryl methyl sites for hydroxylation is 3. The molecule has 0 saturated carbocycles. The van der Waals surface area contributed by atoms with Crippen LogP contribution in [0.4, 0.5) is 0 Å². The number of thiazole rings is 1. The third kappa shape index (κ3) is 2.98. The van der Waals surface area contributed by atoms with E-state index < -0.39 is 0 Å². The highest BCUT2D eigenvalue weighted by Gasteiger charge is 2.11. The Hall–Kier alpha value is -1.19. The summed E-state index contributed by atoms with van der Waals surface area (Å²) in [6.45, 7) is 6.37. The van der Waals surface area contributed by atoms with Crippen LogP contribution in [-0.2, 0) is 12.8 Å². The molecule has 18 heavy (non-hydrogen) atoms. The number of aromatic nitrogens is 1. The van der Waals surface area contributed by atoms with E-state index in [4.69, 9.17) is 5.73 Å². The molecular formula is C15H20N2S. The topological polar surface area (TPSA) is 38.9 Å². The maximum atomic E-state index is 6.24. The minimum absolute atomic E-state index is 0.0425. The third-order valence-electron chi connectivity index (χ3n) is 3.17. The summed E-state index contributed by atoms with van der Waals surface area (Å²) in [5, 5.41) is 1.15. The van der Waals surface area contributed by atoms with Crippen molar-refractivity contribution in [3.63, 3.8) is 0 Å². The number of hydrogen-bond acceptors (Lipinski definition) is 3. The van der Waals surface area contributed by atoms with Gasteiger partial charge in [0.05, 0.1) is 10.7 Å². The summed E-state index contributed by atoms with van der Waals surface area (Å²) in [6.07, 6.45) is 1.83. The van der Waals surface area contributed by atoms with Gasteiger partial charge < -0.3 is 5.73 Å². The van der Waals surface area contributed by atoms with Gasteiger partial charge in [0.15, 0.2) is 0 Å². The standard InChI is InChI=1S/C15H20N2S/c1-4-14-11(3)18-15(17-14)9-13(16)12-7-5-10(2)6-8-12/h5-8,13H,4,9,16H2,1-3H3. The molecule has 2 rings (SSSR count). The molecule has 1 aromatic carbocycles. The van der Waals surface area contributed by atoms with Crippen LogP contribution in [-0.4, -0.2) is 4.98 Å². The van der Waals surface area contributed by atoms with Gasteiger partial charge in [0.25, 0.3) is 0 Å². The van der Waals surface area contributed by atoms with E-state index in [1.807, 2.05) is 0 Å². The normalized spacial score (nSPS) is 12.7. The van der Waals surface area contributed by atoms with E-state index in [0.717, 1.165) is 17.8 Å². The number of nitrogens with two attached hydrogens (primary N) is 1. The average Bonchev–Trinajstić information content (AvgIpc) is 2.70. The zero-order valence-electron chi connectivity index (χ0n) is 11.2. The molecule has 2 nitrogen and oxygen atoms in total. The number of hydrogen-bond donors (Lipinski definition) is 1. The molecule has 0 radical (unpaired) electrons. The lowest BCUT2D eigenvalue weighted by molar-refractivity contribution is 0.715. The molecule has 0 aliphatic rings. The highest BCUT2D eigenvalue weighted by molar-refractivity contribution is 7.11. The van der Waals surface area contributed by atoms with Gasteiger partial charge >= 0.3 is 0 Å². The van der Waals surface area contributed by atoms with Crippen LogP contribution < -0.4 is 5.73 Å². The Morgan fingerprint density at radius 2 is 1.89 bits per heavy atom. The molecule has 2 aromatic rings. The van der Waals surface area contributed by atoms with Gasteiger partial charge in [-0.15, -0.1) is 11.3 Å². The first-order valence-electron chi connectivity index (χ1n) is 6.37. The van der Waals surface area contributed by atoms with Crippen molar-refractivity contribution < 1.29 is 0 Å². The fourth-order valence-electron chi connectivity index (χ4n) is 2.02. The van der Waals surface area contributed by atoms with E-state index in [2.05, 4.69) is 50.0 Å². The average molecular weight is 260 g/mol. The van der Waals surface area contributed by atoms with Crippen LogP contribution in [0.15, 0.2) is 24.3 Å². The van der Waals surface area contributed by atoms with Crippen molar-refractivity contribution in [2.24, 2.45) is 5.73 Å². The molecule has 0 amide bonds. The Balaban J connectivity index is 2.10. The minimum Gasteiger partial charge on any atom is -0.324 e. The van der Waals surface area contributed by atoms with Crippen LogP contribution in [0.3, 0.4) is 0 Å². The second kappa shape index (κ2) is 5.63. The summed E-state index contributed by atoms with van der Waals surface area (Å²) in [4.78, 5) is 5.97. The van der Waals surface area contributed by atoms with E-state index in [0.29, 0.717) is 0 Å². The maximum Gasteiger partial charge on any atom is 0.0949 e. The van der Waals surface area contributed by atoms with E-state index >= 15 is 0 Å². The Kier molecular flexibility index (Phi) is 4.15. The first-order chi connectivity index (χ1) is 8.60. The maximum absolute atomic E-state index is 6.24. The number of nitrogens with zero attached hydrogens (tertiary/aromatic N) is 1. The highest BCUT2D eigenvalue weighted by Crippen LogP contribution is 2.23. The minimum atomic E-state index is 0.0425. The van der Waals surface area contributed by atoms with Gasteiger partial charge in [-0.05, 0) is 25.8 Å². The van der Waals surface area contributed by atoms with Crippen LogP contribution >= 0.6 is 11.3 Å². The van der Waals surface area contributed by atoms with E-state index in [-0.39, 0.29) is 6.04 Å². The van der Waals surface area contributed by atoms with Gasteiger partial charge in [-0.3, -0.25) is 0 Å². The molecule has 0 bridgehead atoms. The molecule has 1 unspecified atom stereocenters. The summed E-state index contributed by atoms with van der Waals surface area (Å²) < 4.78 is 0. The summed E-state index contributed by atoms with van der Waals surface area (Å²) in [5.41, 5.74) is 9.91. The van der Waals surface area contributed by atoms with Crippen LogP contribution in [0, 0.1) is 13.8 Å².